The van der Waals surface area contributed by atoms with E-state index in [1.807, 2.05) is 0 Å². The van der Waals surface area contributed by atoms with Crippen LogP contribution < -0.4 is 5.32 Å². The van der Waals surface area contributed by atoms with E-state index in [9.17, 15) is 4.79 Å². The van der Waals surface area contributed by atoms with E-state index in [1.54, 1.807) is 0 Å². The summed E-state index contributed by atoms with van der Waals surface area (Å²) in [4.78, 5) is 17.1. The zero-order chi connectivity index (χ0) is 13.2. The van der Waals surface area contributed by atoms with Gasteiger partial charge in [-0.1, -0.05) is 6.92 Å². The van der Waals surface area contributed by atoms with Crippen LogP contribution in [0.5, 0.6) is 0 Å². The summed E-state index contributed by atoms with van der Waals surface area (Å²) in [6.07, 6.45) is 3.28. The lowest BCUT2D eigenvalue weighted by Gasteiger charge is -2.48. The van der Waals surface area contributed by atoms with Gasteiger partial charge < -0.3 is 10.2 Å². The van der Waals surface area contributed by atoms with Crippen LogP contribution in [0, 0.1) is 5.92 Å². The fourth-order valence-corrected chi connectivity index (χ4v) is 3.41. The number of hydrogen-bond donors (Lipinski definition) is 1. The number of nitrogens with one attached hydrogen (secondary N) is 1. The Bertz CT molecular complexity index is 301. The van der Waals surface area contributed by atoms with Crippen molar-refractivity contribution in [3.63, 3.8) is 0 Å². The van der Waals surface area contributed by atoms with Gasteiger partial charge in [0.15, 0.2) is 0 Å². The molecule has 0 bridgehead atoms. The van der Waals surface area contributed by atoms with Crippen molar-refractivity contribution in [3.05, 3.63) is 0 Å². The van der Waals surface area contributed by atoms with Crippen LogP contribution in [0.25, 0.3) is 0 Å². The van der Waals surface area contributed by atoms with Crippen LogP contribution in [0.15, 0.2) is 0 Å². The van der Waals surface area contributed by atoms with Gasteiger partial charge in [0, 0.05) is 38.3 Å². The zero-order valence-corrected chi connectivity index (χ0v) is 12.0. The SMILES string of the molecule is CC[C@H](C(=O)N1CCCC1)[C@]1(C)CNCCN1C. The Hall–Kier alpha value is -0.610. The van der Waals surface area contributed by atoms with Crippen LogP contribution >= 0.6 is 0 Å². The number of rotatable bonds is 3. The maximum atomic E-state index is 12.7. The van der Waals surface area contributed by atoms with E-state index in [0.717, 1.165) is 39.1 Å². The number of hydrogen-bond acceptors (Lipinski definition) is 3. The molecule has 0 aliphatic carbocycles. The predicted octanol–water partition coefficient (Wildman–Crippen LogP) is 0.929. The maximum absolute atomic E-state index is 12.7. The topological polar surface area (TPSA) is 35.6 Å². The van der Waals surface area contributed by atoms with E-state index in [1.165, 1.54) is 12.8 Å². The molecule has 0 unspecified atom stereocenters. The molecule has 2 saturated heterocycles. The van der Waals surface area contributed by atoms with Crippen molar-refractivity contribution in [2.24, 2.45) is 5.92 Å². The molecule has 2 atom stereocenters. The maximum Gasteiger partial charge on any atom is 0.227 e. The first kappa shape index (κ1) is 13.8. The summed E-state index contributed by atoms with van der Waals surface area (Å²) in [6, 6.07) is 0. The molecule has 0 aromatic heterocycles. The van der Waals surface area contributed by atoms with Gasteiger partial charge in [-0.15, -0.1) is 0 Å². The lowest BCUT2D eigenvalue weighted by atomic mass is 9.80. The van der Waals surface area contributed by atoms with Crippen LogP contribution in [0.1, 0.15) is 33.1 Å². The highest BCUT2D eigenvalue weighted by molar-refractivity contribution is 5.80. The molecule has 0 saturated carbocycles. The third kappa shape index (κ3) is 2.41. The first-order valence-electron chi connectivity index (χ1n) is 7.30. The van der Waals surface area contributed by atoms with Crippen molar-refractivity contribution in [2.45, 2.75) is 38.6 Å². The predicted molar refractivity (Wildman–Crippen MR) is 73.5 cm³/mol. The van der Waals surface area contributed by atoms with Gasteiger partial charge in [0.2, 0.25) is 5.91 Å². The largest absolute Gasteiger partial charge is 0.342 e. The highest BCUT2D eigenvalue weighted by Gasteiger charge is 2.44. The second-order valence-electron chi connectivity index (χ2n) is 5.95. The molecular weight excluding hydrogens is 226 g/mol. The van der Waals surface area contributed by atoms with Gasteiger partial charge in [0.25, 0.3) is 0 Å². The van der Waals surface area contributed by atoms with Gasteiger partial charge >= 0.3 is 0 Å². The molecule has 2 rings (SSSR count). The van der Waals surface area contributed by atoms with Gasteiger partial charge in [-0.2, -0.15) is 0 Å². The standard InChI is InChI=1S/C14H27N3O/c1-4-12(13(18)17-8-5-6-9-17)14(2)11-15-7-10-16(14)3/h12,15H,4-11H2,1-3H3/t12-,14+/m1/s1. The van der Waals surface area contributed by atoms with Crippen LogP contribution in [0.2, 0.25) is 0 Å². The minimum Gasteiger partial charge on any atom is -0.342 e. The number of carbonyl (C=O) groups is 1. The van der Waals surface area contributed by atoms with E-state index < -0.39 is 0 Å². The van der Waals surface area contributed by atoms with Crippen molar-refractivity contribution in [3.8, 4) is 0 Å². The van der Waals surface area contributed by atoms with Crippen LogP contribution in [0.4, 0.5) is 0 Å². The molecule has 18 heavy (non-hydrogen) atoms. The first-order valence-corrected chi connectivity index (χ1v) is 7.30. The molecule has 0 spiro atoms. The van der Waals surface area contributed by atoms with Gasteiger partial charge in [-0.25, -0.2) is 0 Å². The van der Waals surface area contributed by atoms with Crippen LogP contribution in [-0.2, 0) is 4.79 Å². The van der Waals surface area contributed by atoms with E-state index in [4.69, 9.17) is 0 Å². The quantitative estimate of drug-likeness (QED) is 0.813. The van der Waals surface area contributed by atoms with E-state index in [-0.39, 0.29) is 11.5 Å². The highest BCUT2D eigenvalue weighted by atomic mass is 16.2. The van der Waals surface area contributed by atoms with Crippen molar-refractivity contribution < 1.29 is 4.79 Å². The minimum atomic E-state index is -0.0350. The normalized spacial score (nSPS) is 31.6. The average Bonchev–Trinajstić information content (AvgIpc) is 2.87. The first-order chi connectivity index (χ1) is 8.59. The Balaban J connectivity index is 2.13. The molecule has 0 aromatic carbocycles. The Morgan fingerprint density at radius 3 is 2.56 bits per heavy atom. The summed E-state index contributed by atoms with van der Waals surface area (Å²) in [5, 5.41) is 3.45. The average molecular weight is 253 g/mol. The monoisotopic (exact) mass is 253 g/mol. The third-order valence-corrected chi connectivity index (χ3v) is 4.85. The molecule has 104 valence electrons. The zero-order valence-electron chi connectivity index (χ0n) is 12.0. The molecule has 4 heteroatoms. The fraction of sp³-hybridized carbons (Fsp3) is 0.929. The van der Waals surface area contributed by atoms with Gasteiger partial charge in [0.05, 0.1) is 5.92 Å². The molecule has 2 heterocycles. The van der Waals surface area contributed by atoms with Crippen molar-refractivity contribution in [1.29, 1.82) is 0 Å². The molecule has 2 aliphatic heterocycles. The van der Waals surface area contributed by atoms with Gasteiger partial charge in [0.1, 0.15) is 0 Å². The van der Waals surface area contributed by atoms with E-state index >= 15 is 0 Å². The van der Waals surface area contributed by atoms with E-state index in [0.29, 0.717) is 5.91 Å². The summed E-state index contributed by atoms with van der Waals surface area (Å²) >= 11 is 0. The summed E-state index contributed by atoms with van der Waals surface area (Å²) < 4.78 is 0. The Morgan fingerprint density at radius 2 is 2.00 bits per heavy atom. The molecule has 4 nitrogen and oxygen atoms in total. The summed E-state index contributed by atoms with van der Waals surface area (Å²) in [5.74, 6) is 0.487. The number of piperazine rings is 1. The molecule has 2 fully saturated rings. The van der Waals surface area contributed by atoms with Crippen LogP contribution in [-0.4, -0.2) is 61.0 Å². The number of carbonyl (C=O) groups excluding carboxylic acids is 1. The molecular formula is C14H27N3O. The molecule has 1 N–H and O–H groups in total. The van der Waals surface area contributed by atoms with Crippen molar-refractivity contribution >= 4 is 5.91 Å². The lowest BCUT2D eigenvalue weighted by molar-refractivity contribution is -0.140. The molecule has 0 radical (unpaired) electrons. The molecule has 0 aromatic rings. The number of amides is 1. The Morgan fingerprint density at radius 1 is 1.33 bits per heavy atom. The molecule has 2 aliphatic rings. The van der Waals surface area contributed by atoms with Gasteiger partial charge in [-0.3, -0.25) is 9.69 Å². The van der Waals surface area contributed by atoms with Crippen molar-refractivity contribution in [2.75, 3.05) is 39.8 Å². The summed E-state index contributed by atoms with van der Waals surface area (Å²) in [5.41, 5.74) is -0.0350. The fourth-order valence-electron chi connectivity index (χ4n) is 3.41. The highest BCUT2D eigenvalue weighted by Crippen LogP contribution is 2.30. The number of likely N-dealkylation sites (tertiary alicyclic amines) is 1. The summed E-state index contributed by atoms with van der Waals surface area (Å²) in [6.45, 7) is 9.28. The van der Waals surface area contributed by atoms with E-state index in [2.05, 4.69) is 36.0 Å². The number of likely N-dealkylation sites (N-methyl/N-ethyl adjacent to an activating group) is 1. The summed E-state index contributed by atoms with van der Waals surface area (Å²) in [7, 11) is 2.15. The van der Waals surface area contributed by atoms with Gasteiger partial charge in [-0.05, 0) is 33.2 Å². The molecule has 1 amide bonds. The smallest absolute Gasteiger partial charge is 0.227 e. The Labute approximate surface area is 111 Å². The second kappa shape index (κ2) is 5.57. The number of nitrogens with zero attached hydrogens (tertiary/aromatic N) is 2. The second-order valence-corrected chi connectivity index (χ2v) is 5.95. The Kier molecular flexibility index (Phi) is 4.28. The van der Waals surface area contributed by atoms with Crippen LogP contribution in [0.3, 0.4) is 0 Å². The minimum absolute atomic E-state index is 0.0350. The lowest BCUT2D eigenvalue weighted by Crippen LogP contribution is -2.64. The third-order valence-electron chi connectivity index (χ3n) is 4.85. The van der Waals surface area contributed by atoms with Crippen molar-refractivity contribution in [1.82, 2.24) is 15.1 Å².